The Morgan fingerprint density at radius 2 is 1.24 bits per heavy atom. The third kappa shape index (κ3) is 9.06. The van der Waals surface area contributed by atoms with Crippen molar-refractivity contribution in [3.63, 3.8) is 0 Å². The van der Waals surface area contributed by atoms with Crippen molar-refractivity contribution < 1.29 is 29.6 Å². The molecule has 3 atom stereocenters. The Kier molecular flexibility index (Phi) is 13.6. The van der Waals surface area contributed by atoms with Gasteiger partial charge in [-0.3, -0.25) is 0 Å². The molecule has 3 unspecified atom stereocenters. The van der Waals surface area contributed by atoms with E-state index in [1.54, 1.807) is 25.3 Å². The highest BCUT2D eigenvalue weighted by atomic mass is 16.5. The van der Waals surface area contributed by atoms with Crippen LogP contribution in [0.25, 0.3) is 0 Å². The van der Waals surface area contributed by atoms with E-state index >= 15 is 0 Å². The summed E-state index contributed by atoms with van der Waals surface area (Å²) in [5.41, 5.74) is 1.92. The van der Waals surface area contributed by atoms with Gasteiger partial charge in [0.1, 0.15) is 0 Å². The molecule has 6 heteroatoms. The van der Waals surface area contributed by atoms with Gasteiger partial charge >= 0.3 is 5.97 Å². The number of rotatable bonds is 11. The van der Waals surface area contributed by atoms with E-state index in [0.717, 1.165) is 59.9 Å². The van der Waals surface area contributed by atoms with E-state index in [2.05, 4.69) is 29.6 Å². The Balaban J connectivity index is 1.45. The summed E-state index contributed by atoms with van der Waals surface area (Å²) in [5, 5.41) is 37.6. The molecule has 0 aromatic heterocycles. The monoisotopic (exact) mass is 784 g/mol. The number of hydrogen-bond donors (Lipinski definition) is 3. The molecule has 0 aliphatic heterocycles. The van der Waals surface area contributed by atoms with Crippen LogP contribution < -0.4 is 0 Å². The van der Waals surface area contributed by atoms with Crippen LogP contribution in [0.5, 0.6) is 0 Å². The summed E-state index contributed by atoms with van der Waals surface area (Å²) in [7, 11) is 2.93. The average molecular weight is 785 g/mol. The van der Waals surface area contributed by atoms with E-state index in [0.29, 0.717) is 34.4 Å². The summed E-state index contributed by atoms with van der Waals surface area (Å²) in [6, 6.07) is 35.2. The van der Waals surface area contributed by atoms with Gasteiger partial charge < -0.3 is 24.8 Å². The molecular formula is C53H52O6. The summed E-state index contributed by atoms with van der Waals surface area (Å²) in [6.07, 6.45) is 11.6. The molecule has 300 valence electrons. The van der Waals surface area contributed by atoms with Crippen LogP contribution in [0.4, 0.5) is 0 Å². The second-order valence-corrected chi connectivity index (χ2v) is 15.4. The number of aryl methyl sites for hydroxylation is 2. The highest BCUT2D eigenvalue weighted by molar-refractivity contribution is 5.89. The SMILES string of the molecule is C#CC(O)(c1cccc(C(=O)OC)c1)c1c(C)cccc1CC#CC(O)(c1cccc(COC)c1)c1c(C)cccc1CC#CC(O)(c1ccccc1)C1CCCCC1. The fourth-order valence-electron chi connectivity index (χ4n) is 8.57. The van der Waals surface area contributed by atoms with Crippen LogP contribution in [0.3, 0.4) is 0 Å². The molecule has 3 N–H and O–H groups in total. The number of aliphatic hydroxyl groups is 3. The van der Waals surface area contributed by atoms with Crippen molar-refractivity contribution in [1.29, 1.82) is 0 Å². The zero-order valence-corrected chi connectivity index (χ0v) is 34.3. The molecule has 0 heterocycles. The molecule has 0 spiro atoms. The van der Waals surface area contributed by atoms with Gasteiger partial charge in [-0.1, -0.05) is 146 Å². The third-order valence-electron chi connectivity index (χ3n) is 11.5. The van der Waals surface area contributed by atoms with Crippen LogP contribution in [0.2, 0.25) is 0 Å². The Bertz CT molecular complexity index is 2450. The first-order chi connectivity index (χ1) is 28.5. The molecular weight excluding hydrogens is 733 g/mol. The van der Waals surface area contributed by atoms with Gasteiger partial charge in [-0.25, -0.2) is 4.79 Å². The number of carbonyl (C=O) groups is 1. The highest BCUT2D eigenvalue weighted by Gasteiger charge is 2.38. The van der Waals surface area contributed by atoms with Gasteiger partial charge in [0, 0.05) is 48.1 Å². The zero-order valence-electron chi connectivity index (χ0n) is 34.3. The summed E-state index contributed by atoms with van der Waals surface area (Å²) < 4.78 is 10.4. The maximum atomic E-state index is 13.1. The van der Waals surface area contributed by atoms with E-state index in [-0.39, 0.29) is 24.3 Å². The topological polar surface area (TPSA) is 96.2 Å². The van der Waals surface area contributed by atoms with Gasteiger partial charge in [0.25, 0.3) is 0 Å². The molecule has 1 aliphatic rings. The molecule has 1 fully saturated rings. The maximum Gasteiger partial charge on any atom is 0.337 e. The average Bonchev–Trinajstić information content (AvgIpc) is 3.26. The van der Waals surface area contributed by atoms with Gasteiger partial charge in [-0.2, -0.15) is 0 Å². The first-order valence-corrected chi connectivity index (χ1v) is 20.1. The Morgan fingerprint density at radius 3 is 1.85 bits per heavy atom. The quantitative estimate of drug-likeness (QED) is 0.0918. The maximum absolute atomic E-state index is 13.1. The second kappa shape index (κ2) is 18.8. The number of hydrogen-bond acceptors (Lipinski definition) is 6. The molecule has 0 radical (unpaired) electrons. The van der Waals surface area contributed by atoms with Crippen molar-refractivity contribution in [3.05, 3.63) is 176 Å². The highest BCUT2D eigenvalue weighted by Crippen LogP contribution is 2.40. The smallest absolute Gasteiger partial charge is 0.337 e. The lowest BCUT2D eigenvalue weighted by Gasteiger charge is -2.35. The summed E-state index contributed by atoms with van der Waals surface area (Å²) >= 11 is 0. The normalized spacial score (nSPS) is 15.8. The number of terminal acetylenes is 1. The Labute approximate surface area is 349 Å². The van der Waals surface area contributed by atoms with Gasteiger partial charge in [0.2, 0.25) is 0 Å². The number of carbonyl (C=O) groups excluding carboxylic acids is 1. The first-order valence-electron chi connectivity index (χ1n) is 20.1. The molecule has 0 saturated heterocycles. The van der Waals surface area contributed by atoms with E-state index < -0.39 is 22.8 Å². The lowest BCUT2D eigenvalue weighted by atomic mass is 9.73. The summed E-state index contributed by atoms with van der Waals surface area (Å²) in [4.78, 5) is 12.4. The molecule has 1 saturated carbocycles. The Hall–Kier alpha value is -5.91. The van der Waals surface area contributed by atoms with E-state index in [4.69, 9.17) is 15.9 Å². The van der Waals surface area contributed by atoms with Crippen LogP contribution in [-0.4, -0.2) is 35.5 Å². The zero-order chi connectivity index (χ0) is 42.0. The van der Waals surface area contributed by atoms with Crippen molar-refractivity contribution in [2.45, 2.75) is 82.2 Å². The number of benzene rings is 5. The molecule has 6 rings (SSSR count). The fourth-order valence-corrected chi connectivity index (χ4v) is 8.57. The molecule has 5 aromatic rings. The van der Waals surface area contributed by atoms with Crippen LogP contribution >= 0.6 is 0 Å². The van der Waals surface area contributed by atoms with Gasteiger partial charge in [0.05, 0.1) is 19.3 Å². The van der Waals surface area contributed by atoms with Crippen molar-refractivity contribution in [3.8, 4) is 36.0 Å². The van der Waals surface area contributed by atoms with Crippen molar-refractivity contribution >= 4 is 5.97 Å². The van der Waals surface area contributed by atoms with Crippen LogP contribution in [0, 0.1) is 55.8 Å². The number of ether oxygens (including phenoxy) is 2. The minimum absolute atomic E-state index is 0.0184. The largest absolute Gasteiger partial charge is 0.465 e. The minimum atomic E-state index is -1.90. The number of methoxy groups -OCH3 is 2. The van der Waals surface area contributed by atoms with Crippen LogP contribution in [0.15, 0.2) is 115 Å². The predicted molar refractivity (Wildman–Crippen MR) is 232 cm³/mol. The van der Waals surface area contributed by atoms with Crippen LogP contribution in [-0.2, 0) is 45.7 Å². The van der Waals surface area contributed by atoms with Crippen molar-refractivity contribution in [2.24, 2.45) is 5.92 Å². The first kappa shape index (κ1) is 42.7. The third-order valence-corrected chi connectivity index (χ3v) is 11.5. The molecule has 5 aromatic carbocycles. The van der Waals surface area contributed by atoms with Crippen molar-refractivity contribution in [1.82, 2.24) is 0 Å². The predicted octanol–water partition coefficient (Wildman–Crippen LogP) is 8.60. The van der Waals surface area contributed by atoms with E-state index in [1.165, 1.54) is 13.2 Å². The van der Waals surface area contributed by atoms with Gasteiger partial charge in [-0.05, 0) is 78.3 Å². The number of esters is 1. The molecule has 0 amide bonds. The Morgan fingerprint density at radius 1 is 0.678 bits per heavy atom. The minimum Gasteiger partial charge on any atom is -0.465 e. The summed E-state index contributed by atoms with van der Waals surface area (Å²) in [5.74, 6) is 15.3. The van der Waals surface area contributed by atoms with Crippen molar-refractivity contribution in [2.75, 3.05) is 14.2 Å². The van der Waals surface area contributed by atoms with E-state index in [9.17, 15) is 20.1 Å². The fraction of sp³-hybridized carbons (Fsp3) is 0.302. The molecule has 6 nitrogen and oxygen atoms in total. The standard InChI is InChI=1S/C53H52O6/c1-6-51(55,47-32-16-24-43(36-47)50(54)59-5)48-38(2)19-13-22-41(48)26-18-34-53(57,46-31-15-21-40(35-46)37-58-4)49-39(3)20-14-23-42(49)25-17-33-52(56,44-27-9-7-10-28-44)45-29-11-8-12-30-45/h1,7,9-10,13-16,19-24,27-28,31-32,35-36,45,55-57H,8,11-12,25-26,29-30,37H2,2-5H3. The van der Waals surface area contributed by atoms with E-state index in [1.807, 2.05) is 105 Å². The molecule has 1 aliphatic carbocycles. The lowest BCUT2D eigenvalue weighted by molar-refractivity contribution is 0.0159. The van der Waals surface area contributed by atoms with Gasteiger partial charge in [0.15, 0.2) is 16.8 Å². The molecule has 0 bridgehead atoms. The summed E-state index contributed by atoms with van der Waals surface area (Å²) in [6.45, 7) is 4.16. The van der Waals surface area contributed by atoms with Crippen LogP contribution in [0.1, 0.15) is 98.1 Å². The second-order valence-electron chi connectivity index (χ2n) is 15.4. The van der Waals surface area contributed by atoms with Gasteiger partial charge in [-0.15, -0.1) is 6.42 Å². The lowest BCUT2D eigenvalue weighted by Crippen LogP contribution is -2.35. The molecule has 59 heavy (non-hydrogen) atoms.